The van der Waals surface area contributed by atoms with E-state index in [0.29, 0.717) is 0 Å². The normalized spacial score (nSPS) is 12.0. The molecule has 0 aliphatic carbocycles. The van der Waals surface area contributed by atoms with Crippen molar-refractivity contribution in [3.05, 3.63) is 18.2 Å². The van der Waals surface area contributed by atoms with Gasteiger partial charge in [0.2, 0.25) is 0 Å². The summed E-state index contributed by atoms with van der Waals surface area (Å²) >= 11 is 0. The summed E-state index contributed by atoms with van der Waals surface area (Å²) in [4.78, 5) is 11.6. The average Bonchev–Trinajstić information content (AvgIpc) is 2.30. The molecule has 6 nitrogen and oxygen atoms in total. The Balaban J connectivity index is 3.19. The van der Waals surface area contributed by atoms with Crippen LogP contribution in [0.2, 0.25) is 0 Å². The number of sulfone groups is 1. The van der Waals surface area contributed by atoms with Crippen molar-refractivity contribution < 1.29 is 27.8 Å². The fraction of sp³-hybridized carbons (Fsp3) is 0.462. The average molecular weight is 302 g/mol. The van der Waals surface area contributed by atoms with Crippen molar-refractivity contribution in [1.82, 2.24) is 0 Å². The van der Waals surface area contributed by atoms with Crippen molar-refractivity contribution in [1.29, 1.82) is 0 Å². The van der Waals surface area contributed by atoms with Crippen molar-refractivity contribution in [2.75, 3.05) is 12.9 Å². The molecule has 0 fully saturated rings. The predicted molar refractivity (Wildman–Crippen MR) is 72.6 cm³/mol. The van der Waals surface area contributed by atoms with Gasteiger partial charge in [-0.1, -0.05) is 0 Å². The lowest BCUT2D eigenvalue weighted by atomic mass is 10.1. The van der Waals surface area contributed by atoms with Crippen molar-refractivity contribution in [3.8, 4) is 11.5 Å². The quantitative estimate of drug-likeness (QED) is 0.829. The molecular weight excluding hydrogens is 284 g/mol. The lowest BCUT2D eigenvalue weighted by Crippen LogP contribution is -2.40. The van der Waals surface area contributed by atoms with E-state index in [1.165, 1.54) is 26.0 Å². The molecule has 20 heavy (non-hydrogen) atoms. The van der Waals surface area contributed by atoms with Crippen LogP contribution in [0.15, 0.2) is 23.1 Å². The van der Waals surface area contributed by atoms with Gasteiger partial charge in [-0.25, -0.2) is 13.2 Å². The zero-order valence-electron chi connectivity index (χ0n) is 11.8. The zero-order chi connectivity index (χ0) is 15.6. The summed E-state index contributed by atoms with van der Waals surface area (Å²) in [7, 11) is -3.60. The number of aromatic hydroxyl groups is 1. The Bertz CT molecular complexity index is 603. The van der Waals surface area contributed by atoms with E-state index >= 15 is 0 Å². The first-order valence-electron chi connectivity index (χ1n) is 5.97. The summed E-state index contributed by atoms with van der Waals surface area (Å²) in [5.74, 6) is -0.817. The van der Waals surface area contributed by atoms with Crippen LogP contribution in [0.25, 0.3) is 0 Å². The molecule has 1 rings (SSSR count). The van der Waals surface area contributed by atoms with Crippen LogP contribution in [0.5, 0.6) is 11.5 Å². The maximum Gasteiger partial charge on any atom is 0.349 e. The standard InChI is InChI=1S/C13H18O6S/c1-5-18-12(15)13(2,3)19-10-7-6-9(14)8-11(10)20(4,16)17/h6-8,14H,5H2,1-4H3. The smallest absolute Gasteiger partial charge is 0.349 e. The second-order valence-corrected chi connectivity index (χ2v) is 6.72. The largest absolute Gasteiger partial charge is 0.508 e. The molecule has 0 aromatic heterocycles. The summed E-state index contributed by atoms with van der Waals surface area (Å²) in [6.45, 7) is 4.81. The molecule has 0 saturated carbocycles. The second-order valence-electron chi connectivity index (χ2n) is 4.74. The van der Waals surface area contributed by atoms with Crippen LogP contribution in [0.1, 0.15) is 20.8 Å². The minimum atomic E-state index is -3.60. The SMILES string of the molecule is CCOC(=O)C(C)(C)Oc1ccc(O)cc1S(C)(=O)=O. The first-order chi connectivity index (χ1) is 9.08. The summed E-state index contributed by atoms with van der Waals surface area (Å²) in [6.07, 6.45) is 0.992. The summed E-state index contributed by atoms with van der Waals surface area (Å²) in [5, 5.41) is 9.38. The molecule has 0 radical (unpaired) electrons. The molecule has 7 heteroatoms. The first-order valence-corrected chi connectivity index (χ1v) is 7.86. The van der Waals surface area contributed by atoms with E-state index < -0.39 is 21.4 Å². The Hall–Kier alpha value is -1.76. The number of benzene rings is 1. The van der Waals surface area contributed by atoms with E-state index in [4.69, 9.17) is 9.47 Å². The van der Waals surface area contributed by atoms with E-state index in [0.717, 1.165) is 12.3 Å². The number of carbonyl (C=O) groups excluding carboxylic acids is 1. The third-order valence-corrected chi connectivity index (χ3v) is 3.58. The first kappa shape index (κ1) is 16.3. The van der Waals surface area contributed by atoms with E-state index in [2.05, 4.69) is 0 Å². The van der Waals surface area contributed by atoms with Crippen molar-refractivity contribution in [2.24, 2.45) is 0 Å². The molecule has 1 N–H and O–H groups in total. The Kier molecular flexibility index (Phi) is 4.65. The molecule has 0 unspecified atom stereocenters. The third kappa shape index (κ3) is 3.86. The number of ether oxygens (including phenoxy) is 2. The molecular formula is C13H18O6S. The summed E-state index contributed by atoms with van der Waals surface area (Å²) in [6, 6.07) is 3.66. The van der Waals surface area contributed by atoms with Crippen LogP contribution in [0.3, 0.4) is 0 Å². The molecule has 0 aliphatic heterocycles. The fourth-order valence-corrected chi connectivity index (χ4v) is 2.30. The van der Waals surface area contributed by atoms with Crippen LogP contribution in [-0.2, 0) is 19.4 Å². The summed E-state index contributed by atoms with van der Waals surface area (Å²) in [5.41, 5.74) is -1.34. The van der Waals surface area contributed by atoms with Crippen molar-refractivity contribution in [3.63, 3.8) is 0 Å². The Labute approximate surface area is 118 Å². The minimum absolute atomic E-state index is 0.0108. The van der Waals surface area contributed by atoms with Gasteiger partial charge in [-0.2, -0.15) is 0 Å². The molecule has 1 aromatic carbocycles. The van der Waals surface area contributed by atoms with E-state index in [9.17, 15) is 18.3 Å². The van der Waals surface area contributed by atoms with Gasteiger partial charge in [0, 0.05) is 12.3 Å². The Morgan fingerprint density at radius 1 is 1.35 bits per heavy atom. The van der Waals surface area contributed by atoms with Crippen LogP contribution < -0.4 is 4.74 Å². The zero-order valence-corrected chi connectivity index (χ0v) is 12.7. The number of esters is 1. The van der Waals surface area contributed by atoms with Crippen molar-refractivity contribution in [2.45, 2.75) is 31.3 Å². The molecule has 0 spiro atoms. The van der Waals surface area contributed by atoms with Crippen molar-refractivity contribution >= 4 is 15.8 Å². The highest BCUT2D eigenvalue weighted by Gasteiger charge is 2.33. The highest BCUT2D eigenvalue weighted by Crippen LogP contribution is 2.30. The number of carbonyl (C=O) groups is 1. The number of phenols is 1. The summed E-state index contributed by atoms with van der Waals surface area (Å²) < 4.78 is 33.7. The van der Waals surface area contributed by atoms with Gasteiger partial charge in [0.05, 0.1) is 6.61 Å². The van der Waals surface area contributed by atoms with Gasteiger partial charge in [0.25, 0.3) is 0 Å². The molecule has 0 saturated heterocycles. The molecule has 0 bridgehead atoms. The minimum Gasteiger partial charge on any atom is -0.508 e. The van der Waals surface area contributed by atoms with Crippen LogP contribution in [-0.4, -0.2) is 38.0 Å². The van der Waals surface area contributed by atoms with Gasteiger partial charge in [-0.3, -0.25) is 0 Å². The molecule has 0 aliphatic rings. The monoisotopic (exact) mass is 302 g/mol. The van der Waals surface area contributed by atoms with Crippen LogP contribution in [0, 0.1) is 0 Å². The number of hydrogen-bond donors (Lipinski definition) is 1. The molecule has 1 aromatic rings. The Morgan fingerprint density at radius 2 is 1.95 bits per heavy atom. The molecule has 0 heterocycles. The van der Waals surface area contributed by atoms with Gasteiger partial charge >= 0.3 is 5.97 Å². The lowest BCUT2D eigenvalue weighted by molar-refractivity contribution is -0.158. The highest BCUT2D eigenvalue weighted by molar-refractivity contribution is 7.90. The van der Waals surface area contributed by atoms with Crippen LogP contribution in [0.4, 0.5) is 0 Å². The van der Waals surface area contributed by atoms with Gasteiger partial charge in [-0.15, -0.1) is 0 Å². The van der Waals surface area contributed by atoms with Crippen LogP contribution >= 0.6 is 0 Å². The van der Waals surface area contributed by atoms with E-state index in [1.54, 1.807) is 6.92 Å². The van der Waals surface area contributed by atoms with Gasteiger partial charge in [-0.05, 0) is 32.9 Å². The maximum absolute atomic E-state index is 11.8. The third-order valence-electron chi connectivity index (χ3n) is 2.46. The second kappa shape index (κ2) is 5.70. The van der Waals surface area contributed by atoms with E-state index in [1.807, 2.05) is 0 Å². The fourth-order valence-electron chi connectivity index (χ4n) is 1.49. The predicted octanol–water partition coefficient (Wildman–Crippen LogP) is 1.52. The van der Waals surface area contributed by atoms with Gasteiger partial charge in [0.1, 0.15) is 16.4 Å². The maximum atomic E-state index is 11.8. The Morgan fingerprint density at radius 3 is 2.45 bits per heavy atom. The number of hydrogen-bond acceptors (Lipinski definition) is 6. The van der Waals surface area contributed by atoms with E-state index in [-0.39, 0.29) is 23.0 Å². The molecule has 112 valence electrons. The molecule has 0 atom stereocenters. The molecule has 0 amide bonds. The number of phenolic OH excluding ortho intramolecular Hbond substituents is 1. The van der Waals surface area contributed by atoms with Gasteiger partial charge in [0.15, 0.2) is 15.4 Å². The highest BCUT2D eigenvalue weighted by atomic mass is 32.2. The topological polar surface area (TPSA) is 89.9 Å². The van der Waals surface area contributed by atoms with Gasteiger partial charge < -0.3 is 14.6 Å². The number of rotatable bonds is 5. The lowest BCUT2D eigenvalue weighted by Gasteiger charge is -2.25.